The van der Waals surface area contributed by atoms with Crippen LogP contribution in [0.5, 0.6) is 0 Å². The van der Waals surface area contributed by atoms with Crippen molar-refractivity contribution in [1.29, 1.82) is 5.26 Å². The third-order valence-corrected chi connectivity index (χ3v) is 4.43. The van der Waals surface area contributed by atoms with Gasteiger partial charge < -0.3 is 9.73 Å². The Morgan fingerprint density at radius 1 is 1.57 bits per heavy atom. The molecule has 2 fully saturated rings. The van der Waals surface area contributed by atoms with Crippen molar-refractivity contribution in [3.8, 4) is 6.07 Å². The van der Waals surface area contributed by atoms with Gasteiger partial charge in [-0.15, -0.1) is 0 Å². The number of nitrogens with zero attached hydrogens (tertiary/aromatic N) is 3. The molecule has 2 saturated heterocycles. The van der Waals surface area contributed by atoms with Crippen LogP contribution >= 0.6 is 0 Å². The van der Waals surface area contributed by atoms with E-state index in [9.17, 15) is 4.79 Å². The molecule has 2 aliphatic heterocycles. The molecule has 6 nitrogen and oxygen atoms in total. The summed E-state index contributed by atoms with van der Waals surface area (Å²) in [5.74, 6) is 0.518. The topological polar surface area (TPSA) is 82.2 Å². The fourth-order valence-electron chi connectivity index (χ4n) is 3.32. The third-order valence-electron chi connectivity index (χ3n) is 4.43. The highest BCUT2D eigenvalue weighted by Gasteiger charge is 2.38. The second-order valence-corrected chi connectivity index (χ2v) is 5.70. The Labute approximate surface area is 121 Å². The zero-order valence-electron chi connectivity index (χ0n) is 11.4. The molecule has 2 aromatic heterocycles. The molecule has 4 heterocycles. The molecule has 0 radical (unpaired) electrons. The van der Waals surface area contributed by atoms with Gasteiger partial charge in [-0.1, -0.05) is 0 Å². The Kier molecular flexibility index (Phi) is 2.69. The molecule has 2 aliphatic rings. The van der Waals surface area contributed by atoms with Gasteiger partial charge in [0.15, 0.2) is 5.58 Å². The highest BCUT2D eigenvalue weighted by atomic mass is 16.3. The van der Waals surface area contributed by atoms with Crippen molar-refractivity contribution >= 4 is 16.9 Å². The zero-order valence-corrected chi connectivity index (χ0v) is 11.4. The molecule has 0 saturated carbocycles. The molecule has 21 heavy (non-hydrogen) atoms. The van der Waals surface area contributed by atoms with Crippen LogP contribution in [-0.2, 0) is 0 Å². The molecule has 6 heteroatoms. The molecule has 1 N–H and O–H groups in total. The van der Waals surface area contributed by atoms with Crippen molar-refractivity contribution in [2.24, 2.45) is 5.92 Å². The molecular weight excluding hydrogens is 268 g/mol. The highest BCUT2D eigenvalue weighted by molar-refractivity contribution is 5.96. The molecule has 2 bridgehead atoms. The van der Waals surface area contributed by atoms with E-state index < -0.39 is 0 Å². The number of furan rings is 1. The normalized spacial score (nSPS) is 26.9. The first-order valence-corrected chi connectivity index (χ1v) is 7.07. The summed E-state index contributed by atoms with van der Waals surface area (Å²) in [6, 6.07) is 3.67. The number of carbonyl (C=O) groups excluding carboxylic acids is 1. The van der Waals surface area contributed by atoms with E-state index in [1.807, 2.05) is 6.07 Å². The van der Waals surface area contributed by atoms with Crippen molar-refractivity contribution in [2.75, 3.05) is 13.1 Å². The van der Waals surface area contributed by atoms with Crippen LogP contribution in [0, 0.1) is 17.2 Å². The lowest BCUT2D eigenvalue weighted by atomic mass is 10.0. The Morgan fingerprint density at radius 3 is 3.19 bits per heavy atom. The fourth-order valence-corrected chi connectivity index (χ4v) is 3.32. The summed E-state index contributed by atoms with van der Waals surface area (Å²) in [6.45, 7) is 2.14. The average molecular weight is 282 g/mol. The number of fused-ring (bicyclic) bond motifs is 3. The van der Waals surface area contributed by atoms with Crippen LogP contribution in [0.25, 0.3) is 11.0 Å². The molecule has 4 rings (SSSR count). The van der Waals surface area contributed by atoms with Gasteiger partial charge >= 0.3 is 0 Å². The van der Waals surface area contributed by atoms with Gasteiger partial charge in [0.25, 0.3) is 5.91 Å². The minimum absolute atomic E-state index is 0.119. The largest absolute Gasteiger partial charge is 0.461 e. The smallest absolute Gasteiger partial charge is 0.271 e. The van der Waals surface area contributed by atoms with Crippen LogP contribution in [0.1, 0.15) is 28.9 Å². The maximum Gasteiger partial charge on any atom is 0.271 e. The van der Waals surface area contributed by atoms with Gasteiger partial charge in [-0.2, -0.15) is 5.26 Å². The summed E-state index contributed by atoms with van der Waals surface area (Å²) in [6.07, 6.45) is 5.25. The molecule has 0 spiro atoms. The van der Waals surface area contributed by atoms with E-state index in [1.165, 1.54) is 18.9 Å². The number of nitrogens with one attached hydrogen (secondary N) is 1. The first kappa shape index (κ1) is 12.4. The molecular formula is C15H14N4O2. The standard InChI is InChI=1S/C15H14N4O2/c16-5-10-8-21-13-6-17-12(4-11(10)13)15(20)18-14-3-9-1-2-19(14)7-9/h4,6,8-9,14H,1-3,7H2,(H,18,20). The molecule has 1 amide bonds. The van der Waals surface area contributed by atoms with Gasteiger partial charge in [0.1, 0.15) is 18.0 Å². The van der Waals surface area contributed by atoms with E-state index in [-0.39, 0.29) is 12.1 Å². The van der Waals surface area contributed by atoms with E-state index in [1.54, 1.807) is 6.07 Å². The Balaban J connectivity index is 1.58. The lowest BCUT2D eigenvalue weighted by Gasteiger charge is -2.25. The van der Waals surface area contributed by atoms with Crippen molar-refractivity contribution < 1.29 is 9.21 Å². The minimum Gasteiger partial charge on any atom is -0.461 e. The van der Waals surface area contributed by atoms with Crippen LogP contribution < -0.4 is 5.32 Å². The van der Waals surface area contributed by atoms with Crippen LogP contribution in [0.4, 0.5) is 0 Å². The molecule has 0 aliphatic carbocycles. The van der Waals surface area contributed by atoms with Crippen LogP contribution in [-0.4, -0.2) is 35.0 Å². The molecule has 0 aromatic carbocycles. The number of carbonyl (C=O) groups is 1. The molecule has 3 unspecified atom stereocenters. The van der Waals surface area contributed by atoms with Crippen molar-refractivity contribution in [3.63, 3.8) is 0 Å². The summed E-state index contributed by atoms with van der Waals surface area (Å²) < 4.78 is 5.22. The first-order valence-electron chi connectivity index (χ1n) is 7.07. The predicted octanol–water partition coefficient (Wildman–Crippen LogP) is 1.48. The van der Waals surface area contributed by atoms with Crippen molar-refractivity contribution in [1.82, 2.24) is 15.2 Å². The van der Waals surface area contributed by atoms with Crippen LogP contribution in [0.15, 0.2) is 22.9 Å². The molecule has 106 valence electrons. The predicted molar refractivity (Wildman–Crippen MR) is 74.3 cm³/mol. The summed E-state index contributed by atoms with van der Waals surface area (Å²) in [4.78, 5) is 18.8. The number of hydrogen-bond acceptors (Lipinski definition) is 5. The average Bonchev–Trinajstić information content (AvgIpc) is 3.21. The number of piperidine rings is 1. The second-order valence-electron chi connectivity index (χ2n) is 5.70. The van der Waals surface area contributed by atoms with E-state index in [0.717, 1.165) is 19.5 Å². The van der Waals surface area contributed by atoms with Gasteiger partial charge in [0, 0.05) is 18.5 Å². The maximum atomic E-state index is 12.3. The van der Waals surface area contributed by atoms with E-state index in [2.05, 4.69) is 15.2 Å². The minimum atomic E-state index is -0.195. The van der Waals surface area contributed by atoms with Crippen molar-refractivity contribution in [3.05, 3.63) is 29.8 Å². The summed E-state index contributed by atoms with van der Waals surface area (Å²) in [5, 5.41) is 12.7. The monoisotopic (exact) mass is 282 g/mol. The lowest BCUT2D eigenvalue weighted by Crippen LogP contribution is -2.45. The maximum absolute atomic E-state index is 12.3. The zero-order chi connectivity index (χ0) is 14.4. The van der Waals surface area contributed by atoms with Gasteiger partial charge in [-0.3, -0.25) is 9.69 Å². The number of nitriles is 1. The molecule has 2 aromatic rings. The van der Waals surface area contributed by atoms with E-state index >= 15 is 0 Å². The third kappa shape index (κ3) is 1.98. The van der Waals surface area contributed by atoms with Gasteiger partial charge in [0.2, 0.25) is 0 Å². The summed E-state index contributed by atoms with van der Waals surface area (Å²) in [7, 11) is 0. The lowest BCUT2D eigenvalue weighted by molar-refractivity contribution is 0.0878. The van der Waals surface area contributed by atoms with Gasteiger partial charge in [-0.05, 0) is 24.8 Å². The number of rotatable bonds is 2. The van der Waals surface area contributed by atoms with Gasteiger partial charge in [-0.25, -0.2) is 4.98 Å². The SMILES string of the molecule is N#Cc1coc2cnc(C(=O)NC3CC4CCN3C4)cc12. The number of hydrogen-bond donors (Lipinski definition) is 1. The van der Waals surface area contributed by atoms with Crippen molar-refractivity contribution in [2.45, 2.75) is 19.0 Å². The first-order chi connectivity index (χ1) is 10.2. The Morgan fingerprint density at radius 2 is 2.48 bits per heavy atom. The Hall–Kier alpha value is -2.39. The number of pyridine rings is 1. The van der Waals surface area contributed by atoms with Crippen LogP contribution in [0.2, 0.25) is 0 Å². The molecule has 3 atom stereocenters. The fraction of sp³-hybridized carbons (Fsp3) is 0.400. The van der Waals surface area contributed by atoms with Gasteiger partial charge in [0.05, 0.1) is 17.9 Å². The summed E-state index contributed by atoms with van der Waals surface area (Å²) >= 11 is 0. The van der Waals surface area contributed by atoms with E-state index in [4.69, 9.17) is 9.68 Å². The number of aromatic nitrogens is 1. The van der Waals surface area contributed by atoms with Crippen LogP contribution in [0.3, 0.4) is 0 Å². The summed E-state index contributed by atoms with van der Waals surface area (Å²) in [5.41, 5.74) is 1.27. The van der Waals surface area contributed by atoms with E-state index in [0.29, 0.717) is 28.1 Å². The second kappa shape index (κ2) is 4.57. The Bertz CT molecular complexity index is 761. The quantitative estimate of drug-likeness (QED) is 0.902. The number of amides is 1. The highest BCUT2D eigenvalue weighted by Crippen LogP contribution is 2.31.